The molecule has 3 heterocycles. The number of aliphatic imine (C=N–C) groups is 1. The Hall–Kier alpha value is -7.04. The van der Waals surface area contributed by atoms with Crippen LogP contribution in [0.15, 0.2) is 87.0 Å². The second kappa shape index (κ2) is 18.1. The largest absolute Gasteiger partial charge is 0.423 e. The first-order valence-electron chi connectivity index (χ1n) is 20.3. The molecule has 2 unspecified atom stereocenters. The summed E-state index contributed by atoms with van der Waals surface area (Å²) < 4.78 is 5.37. The van der Waals surface area contributed by atoms with Crippen molar-refractivity contribution in [2.45, 2.75) is 89.0 Å². The number of hydrogen-bond acceptors (Lipinski definition) is 9. The first kappa shape index (κ1) is 42.1. The van der Waals surface area contributed by atoms with Crippen LogP contribution < -0.4 is 38.8 Å². The zero-order valence-electron chi connectivity index (χ0n) is 33.7. The van der Waals surface area contributed by atoms with Crippen molar-refractivity contribution in [2.24, 2.45) is 28.1 Å². The first-order valence-corrected chi connectivity index (χ1v) is 20.3. The topological polar surface area (TPSA) is 266 Å². The highest BCUT2D eigenvalue weighted by Gasteiger charge is 2.48. The van der Waals surface area contributed by atoms with E-state index in [-0.39, 0.29) is 61.0 Å². The Morgan fingerprint density at radius 3 is 2.34 bits per heavy atom. The Balaban J connectivity index is 1.11. The normalized spacial score (nSPS) is 19.8. The fourth-order valence-corrected chi connectivity index (χ4v) is 8.95. The number of hydrogen-bond donors (Lipinski definition) is 6. The number of benzene rings is 3. The number of likely N-dealkylation sites (tertiary alicyclic amines) is 1. The van der Waals surface area contributed by atoms with Gasteiger partial charge in [0.05, 0.1) is 18.7 Å². The molecule has 2 fully saturated rings. The van der Waals surface area contributed by atoms with Crippen molar-refractivity contribution in [2.75, 3.05) is 11.9 Å². The average Bonchev–Trinajstić information content (AvgIpc) is 3.62. The predicted molar refractivity (Wildman–Crippen MR) is 226 cm³/mol. The maximum absolute atomic E-state index is 14.4. The monoisotopic (exact) mass is 831 g/mol. The smallest absolute Gasteiger partial charge is 0.336 e. The molecule has 5 atom stereocenters. The Bertz CT molecular complexity index is 2460. The summed E-state index contributed by atoms with van der Waals surface area (Å²) in [7, 11) is 0. The second-order valence-electron chi connectivity index (χ2n) is 15.9. The average molecular weight is 832 g/mol. The van der Waals surface area contributed by atoms with Crippen LogP contribution in [0.2, 0.25) is 0 Å². The number of fused-ring (bicyclic) bond motifs is 3. The maximum atomic E-state index is 14.4. The lowest BCUT2D eigenvalue weighted by Crippen LogP contribution is -2.57. The highest BCUT2D eigenvalue weighted by Crippen LogP contribution is 2.40. The van der Waals surface area contributed by atoms with Crippen LogP contribution in [0.3, 0.4) is 0 Å². The van der Waals surface area contributed by atoms with Gasteiger partial charge >= 0.3 is 5.63 Å². The third kappa shape index (κ3) is 9.72. The number of anilines is 1. The number of guanidine groups is 1. The number of nitrogens with one attached hydrogen (secondary N) is 3. The number of nitrogens with zero attached hydrogens (tertiary/aromatic N) is 3. The number of primary amides is 1. The summed E-state index contributed by atoms with van der Waals surface area (Å²) in [5, 5.41) is 8.97. The summed E-state index contributed by atoms with van der Waals surface area (Å²) in [5.74, 6) is -2.98. The molecule has 9 N–H and O–H groups in total. The molecular weight excluding hydrogens is 783 g/mol. The molecule has 4 aromatic rings. The SMILES string of the molecule is CC(=O)N1Cc2ccccc2C[C@H]1C(=O)NCC(=O)N1C2CCCCC2C[C@H]1C(=O)N[C@@H](Cc1ccc(N=C(N)N)cc1)C(=O)Nc1ccc2c(CC(N)=O)cc(=O)oc2c1. The van der Waals surface area contributed by atoms with E-state index in [0.717, 1.165) is 30.4 Å². The summed E-state index contributed by atoms with van der Waals surface area (Å²) in [6.45, 7) is 1.32. The highest BCUT2D eigenvalue weighted by atomic mass is 16.4. The van der Waals surface area contributed by atoms with Crippen LogP contribution in [0.25, 0.3) is 11.0 Å². The molecule has 318 valence electrons. The Morgan fingerprint density at radius 2 is 1.62 bits per heavy atom. The highest BCUT2D eigenvalue weighted by molar-refractivity contribution is 6.00. The van der Waals surface area contributed by atoms with Crippen LogP contribution in [0.1, 0.15) is 61.3 Å². The van der Waals surface area contributed by atoms with E-state index in [1.54, 1.807) is 41.3 Å². The second-order valence-corrected chi connectivity index (χ2v) is 15.9. The summed E-state index contributed by atoms with van der Waals surface area (Å²) in [5.41, 5.74) is 19.6. The van der Waals surface area contributed by atoms with E-state index < -0.39 is 53.3 Å². The lowest BCUT2D eigenvalue weighted by molar-refractivity contribution is -0.143. The zero-order valence-corrected chi connectivity index (χ0v) is 33.7. The quantitative estimate of drug-likeness (QED) is 0.0683. The fraction of sp³-hybridized carbons (Fsp3) is 0.364. The number of carbonyl (C=O) groups is 6. The number of amides is 6. The predicted octanol–water partition coefficient (Wildman–Crippen LogP) is 1.64. The van der Waals surface area contributed by atoms with Crippen molar-refractivity contribution in [1.29, 1.82) is 0 Å². The Labute approximate surface area is 351 Å². The van der Waals surface area contributed by atoms with Crippen LogP contribution >= 0.6 is 0 Å². The number of nitrogens with two attached hydrogens (primary N) is 3. The van der Waals surface area contributed by atoms with Crippen molar-refractivity contribution >= 4 is 63.7 Å². The van der Waals surface area contributed by atoms with Gasteiger partial charge in [-0.25, -0.2) is 9.79 Å². The van der Waals surface area contributed by atoms with Crippen molar-refractivity contribution < 1.29 is 33.2 Å². The van der Waals surface area contributed by atoms with Gasteiger partial charge in [0.15, 0.2) is 5.96 Å². The standard InChI is InChI=1S/C44H49N9O8/c1-24(54)52-23-28-8-3-2-6-26(28)17-35(52)42(59)48-22-39(56)53-34-9-5-4-7-27(34)18-36(53)43(60)51-33(16-25-10-12-30(13-11-25)50-44(46)47)41(58)49-31-14-15-32-29(19-38(45)55)20-40(57)61-37(32)21-31/h2-3,6,8,10-15,20-21,27,33-36H,4-5,7,9,16-19,22-23H2,1H3,(H2,45,55)(H,48,59)(H,49,58)(H,51,60)(H4,46,47,50)/t27?,33-,34?,35-,36-/m0/s1. The molecule has 1 aliphatic carbocycles. The molecule has 3 aliphatic rings. The third-order valence-electron chi connectivity index (χ3n) is 11.8. The van der Waals surface area contributed by atoms with Gasteiger partial charge in [-0.15, -0.1) is 0 Å². The zero-order chi connectivity index (χ0) is 43.4. The third-order valence-corrected chi connectivity index (χ3v) is 11.8. The summed E-state index contributed by atoms with van der Waals surface area (Å²) in [4.78, 5) is 100. The van der Waals surface area contributed by atoms with Gasteiger partial charge in [-0.05, 0) is 71.7 Å². The van der Waals surface area contributed by atoms with Crippen molar-refractivity contribution in [1.82, 2.24) is 20.4 Å². The van der Waals surface area contributed by atoms with Gasteiger partial charge in [-0.1, -0.05) is 49.2 Å². The van der Waals surface area contributed by atoms with E-state index in [0.29, 0.717) is 41.5 Å². The Kier molecular flexibility index (Phi) is 12.5. The maximum Gasteiger partial charge on any atom is 0.336 e. The molecule has 6 amide bonds. The molecule has 17 heteroatoms. The number of rotatable bonds is 12. The molecule has 61 heavy (non-hydrogen) atoms. The van der Waals surface area contributed by atoms with Crippen LogP contribution in [-0.4, -0.2) is 81.9 Å². The molecule has 7 rings (SSSR count). The van der Waals surface area contributed by atoms with Gasteiger partial charge in [0.1, 0.15) is 23.7 Å². The molecule has 17 nitrogen and oxygen atoms in total. The minimum atomic E-state index is -1.16. The summed E-state index contributed by atoms with van der Waals surface area (Å²) >= 11 is 0. The summed E-state index contributed by atoms with van der Waals surface area (Å²) in [6.07, 6.45) is 3.87. The molecule has 1 aromatic heterocycles. The molecule has 0 spiro atoms. The molecule has 1 saturated heterocycles. The molecule has 2 aliphatic heterocycles. The van der Waals surface area contributed by atoms with Gasteiger partial charge in [-0.3, -0.25) is 28.8 Å². The van der Waals surface area contributed by atoms with Crippen LogP contribution in [-0.2, 0) is 54.6 Å². The van der Waals surface area contributed by atoms with Gasteiger partial charge in [0.25, 0.3) is 0 Å². The molecule has 3 aromatic carbocycles. The van der Waals surface area contributed by atoms with E-state index in [1.807, 2.05) is 24.3 Å². The first-order chi connectivity index (χ1) is 29.2. The number of carbonyl (C=O) groups excluding carboxylic acids is 6. The van der Waals surface area contributed by atoms with E-state index in [9.17, 15) is 33.6 Å². The van der Waals surface area contributed by atoms with E-state index >= 15 is 0 Å². The Morgan fingerprint density at radius 1 is 0.885 bits per heavy atom. The lowest BCUT2D eigenvalue weighted by atomic mass is 9.84. The van der Waals surface area contributed by atoms with E-state index in [1.165, 1.54) is 24.0 Å². The summed E-state index contributed by atoms with van der Waals surface area (Å²) in [6, 6.07) is 17.1. The minimum absolute atomic E-state index is 0.0336. The van der Waals surface area contributed by atoms with E-state index in [2.05, 4.69) is 20.9 Å². The van der Waals surface area contributed by atoms with Crippen molar-refractivity contribution in [3.8, 4) is 0 Å². The van der Waals surface area contributed by atoms with Gasteiger partial charge in [0.2, 0.25) is 35.4 Å². The van der Waals surface area contributed by atoms with E-state index in [4.69, 9.17) is 21.6 Å². The molecule has 0 radical (unpaired) electrons. The van der Waals surface area contributed by atoms with Crippen LogP contribution in [0.4, 0.5) is 11.4 Å². The molecule has 1 saturated carbocycles. The minimum Gasteiger partial charge on any atom is -0.423 e. The molecular formula is C44H49N9O8. The van der Waals surface area contributed by atoms with Gasteiger partial charge in [-0.2, -0.15) is 0 Å². The fourth-order valence-electron chi connectivity index (χ4n) is 8.95. The van der Waals surface area contributed by atoms with Crippen molar-refractivity contribution in [3.63, 3.8) is 0 Å². The lowest BCUT2D eigenvalue weighted by Gasteiger charge is -2.36. The van der Waals surface area contributed by atoms with Crippen LogP contribution in [0, 0.1) is 5.92 Å². The van der Waals surface area contributed by atoms with Crippen molar-refractivity contribution in [3.05, 3.63) is 105 Å². The molecule has 0 bridgehead atoms. The van der Waals surface area contributed by atoms with Gasteiger partial charge in [0, 0.05) is 55.6 Å². The van der Waals surface area contributed by atoms with Crippen LogP contribution in [0.5, 0.6) is 0 Å². The van der Waals surface area contributed by atoms with Gasteiger partial charge < -0.3 is 47.4 Å².